The predicted molar refractivity (Wildman–Crippen MR) is 73.8 cm³/mol. The minimum Gasteiger partial charge on any atom is -0.420 e. The van der Waals surface area contributed by atoms with E-state index < -0.39 is 0 Å². The summed E-state index contributed by atoms with van der Waals surface area (Å²) in [5, 5.41) is 6.41. The molecule has 3 nitrogen and oxygen atoms in total. The molecule has 88 valence electrons. The number of nitrogens with one attached hydrogen (secondary N) is 1. The van der Waals surface area contributed by atoms with Gasteiger partial charge in [0.15, 0.2) is 0 Å². The molecular formula is C15H12N2O. The van der Waals surface area contributed by atoms with Crippen molar-refractivity contribution in [2.24, 2.45) is 5.10 Å². The number of hydrogen-bond donors (Lipinski definition) is 1. The van der Waals surface area contributed by atoms with E-state index in [4.69, 9.17) is 4.74 Å². The number of ether oxygens (including phenoxy) is 1. The molecule has 1 aliphatic rings. The van der Waals surface area contributed by atoms with Crippen molar-refractivity contribution in [2.75, 3.05) is 0 Å². The van der Waals surface area contributed by atoms with Crippen LogP contribution in [-0.2, 0) is 4.74 Å². The number of benzene rings is 2. The van der Waals surface area contributed by atoms with E-state index in [0.29, 0.717) is 11.8 Å². The molecule has 0 spiro atoms. The number of rotatable bonds is 2. The minimum absolute atomic E-state index is 0.452. The van der Waals surface area contributed by atoms with E-state index in [1.54, 1.807) is 0 Å². The Kier molecular flexibility index (Phi) is 2.57. The Hall–Kier alpha value is -2.55. The Labute approximate surface area is 105 Å². The third kappa shape index (κ3) is 2.11. The molecule has 1 N–H and O–H groups in total. The lowest BCUT2D eigenvalue weighted by Crippen LogP contribution is -1.95. The van der Waals surface area contributed by atoms with Gasteiger partial charge in [0.2, 0.25) is 11.8 Å². The third-order valence-corrected chi connectivity index (χ3v) is 2.71. The van der Waals surface area contributed by atoms with Crippen LogP contribution in [0.25, 0.3) is 16.8 Å². The van der Waals surface area contributed by atoms with Gasteiger partial charge in [0.05, 0.1) is 0 Å². The van der Waals surface area contributed by atoms with E-state index in [1.807, 2.05) is 24.3 Å². The Morgan fingerprint density at radius 2 is 1.89 bits per heavy atom. The Morgan fingerprint density at radius 1 is 1.06 bits per heavy atom. The summed E-state index contributed by atoms with van der Waals surface area (Å²) < 4.78 is 5.23. The molecule has 0 fully saturated rings. The summed E-state index contributed by atoms with van der Waals surface area (Å²) in [4.78, 5) is 0. The van der Waals surface area contributed by atoms with Gasteiger partial charge in [-0.15, -0.1) is 5.10 Å². The number of fused-ring (bicyclic) bond motifs is 1. The zero-order chi connectivity index (χ0) is 12.4. The van der Waals surface area contributed by atoms with Crippen molar-refractivity contribution in [3.63, 3.8) is 0 Å². The fraction of sp³-hybridized carbons (Fsp3) is 0. The van der Waals surface area contributed by atoms with Crippen LogP contribution in [0.4, 0.5) is 0 Å². The highest BCUT2D eigenvalue weighted by Gasteiger charge is 2.06. The van der Waals surface area contributed by atoms with Crippen molar-refractivity contribution in [3.8, 4) is 0 Å². The molecule has 0 bridgehead atoms. The fourth-order valence-electron chi connectivity index (χ4n) is 1.84. The minimum atomic E-state index is 0.452. The van der Waals surface area contributed by atoms with Crippen molar-refractivity contribution < 1.29 is 4.74 Å². The molecule has 0 unspecified atom stereocenters. The van der Waals surface area contributed by atoms with Crippen LogP contribution in [0.2, 0.25) is 0 Å². The van der Waals surface area contributed by atoms with E-state index in [9.17, 15) is 0 Å². The molecule has 0 amide bonds. The largest absolute Gasteiger partial charge is 0.420 e. The predicted octanol–water partition coefficient (Wildman–Crippen LogP) is 3.26. The first-order valence-electron chi connectivity index (χ1n) is 5.69. The summed E-state index contributed by atoms with van der Waals surface area (Å²) in [6, 6.07) is 14.6. The average molecular weight is 236 g/mol. The molecule has 3 rings (SSSR count). The lowest BCUT2D eigenvalue weighted by atomic mass is 10.1. The van der Waals surface area contributed by atoms with Crippen LogP contribution in [0.15, 0.2) is 66.1 Å². The Bertz CT molecular complexity index is 671. The lowest BCUT2D eigenvalue weighted by molar-refractivity contribution is 0.422. The SMILES string of the molecule is C=C1NN=C(/C=C/c2ccc3ccccc3c2)O1. The van der Waals surface area contributed by atoms with Gasteiger partial charge >= 0.3 is 0 Å². The van der Waals surface area contributed by atoms with Gasteiger partial charge in [0.1, 0.15) is 0 Å². The van der Waals surface area contributed by atoms with Crippen molar-refractivity contribution in [2.45, 2.75) is 0 Å². The smallest absolute Gasteiger partial charge is 0.238 e. The maximum absolute atomic E-state index is 5.23. The van der Waals surface area contributed by atoms with E-state index >= 15 is 0 Å². The molecule has 0 saturated heterocycles. The van der Waals surface area contributed by atoms with Gasteiger partial charge in [0.25, 0.3) is 0 Å². The van der Waals surface area contributed by atoms with Crippen molar-refractivity contribution >= 4 is 22.7 Å². The molecule has 0 atom stereocenters. The van der Waals surface area contributed by atoms with Gasteiger partial charge in [-0.05, 0) is 35.1 Å². The fourth-order valence-corrected chi connectivity index (χ4v) is 1.84. The molecule has 18 heavy (non-hydrogen) atoms. The topological polar surface area (TPSA) is 33.6 Å². The Balaban J connectivity index is 1.86. The summed E-state index contributed by atoms with van der Waals surface area (Å²) >= 11 is 0. The van der Waals surface area contributed by atoms with E-state index in [1.165, 1.54) is 10.8 Å². The van der Waals surface area contributed by atoms with Crippen LogP contribution in [-0.4, -0.2) is 5.90 Å². The average Bonchev–Trinajstić information content (AvgIpc) is 2.82. The summed E-state index contributed by atoms with van der Waals surface area (Å²) in [6.07, 6.45) is 3.78. The van der Waals surface area contributed by atoms with Gasteiger partial charge in [-0.3, -0.25) is 0 Å². The first kappa shape index (κ1) is 10.6. The van der Waals surface area contributed by atoms with E-state index in [2.05, 4.69) is 47.4 Å². The standard InChI is InChI=1S/C15H12N2O/c1-11-16-17-15(18-11)9-7-12-6-8-13-4-2-3-5-14(13)10-12/h2-10,16H,1H2/b9-7+. The zero-order valence-electron chi connectivity index (χ0n) is 9.76. The molecule has 2 aromatic carbocycles. The maximum Gasteiger partial charge on any atom is 0.238 e. The van der Waals surface area contributed by atoms with E-state index in [0.717, 1.165) is 5.56 Å². The van der Waals surface area contributed by atoms with Crippen molar-refractivity contribution in [1.82, 2.24) is 5.43 Å². The summed E-state index contributed by atoms with van der Waals surface area (Å²) in [7, 11) is 0. The molecule has 0 aromatic heterocycles. The lowest BCUT2D eigenvalue weighted by Gasteiger charge is -1.99. The maximum atomic E-state index is 5.23. The molecule has 1 aliphatic heterocycles. The normalized spacial score (nSPS) is 14.7. The molecule has 3 heteroatoms. The van der Waals surface area contributed by atoms with Crippen LogP contribution >= 0.6 is 0 Å². The van der Waals surface area contributed by atoms with Crippen LogP contribution in [0.1, 0.15) is 5.56 Å². The molecule has 0 radical (unpaired) electrons. The monoisotopic (exact) mass is 236 g/mol. The van der Waals surface area contributed by atoms with Gasteiger partial charge in [-0.2, -0.15) is 0 Å². The summed E-state index contributed by atoms with van der Waals surface area (Å²) in [5.74, 6) is 0.973. The van der Waals surface area contributed by atoms with Gasteiger partial charge in [-0.1, -0.05) is 36.4 Å². The second kappa shape index (κ2) is 4.37. The van der Waals surface area contributed by atoms with Gasteiger partial charge in [0, 0.05) is 6.08 Å². The van der Waals surface area contributed by atoms with Gasteiger partial charge in [-0.25, -0.2) is 5.43 Å². The highest BCUT2D eigenvalue weighted by atomic mass is 16.5. The van der Waals surface area contributed by atoms with Crippen molar-refractivity contribution in [1.29, 1.82) is 0 Å². The number of hydrogen-bond acceptors (Lipinski definition) is 3. The van der Waals surface area contributed by atoms with Gasteiger partial charge < -0.3 is 4.74 Å². The Morgan fingerprint density at radius 3 is 2.67 bits per heavy atom. The molecule has 1 heterocycles. The first-order valence-corrected chi connectivity index (χ1v) is 5.69. The second-order valence-corrected chi connectivity index (χ2v) is 4.03. The number of hydrazone groups is 1. The molecular weight excluding hydrogens is 224 g/mol. The van der Waals surface area contributed by atoms with E-state index in [-0.39, 0.29) is 0 Å². The van der Waals surface area contributed by atoms with Crippen molar-refractivity contribution in [3.05, 3.63) is 66.6 Å². The third-order valence-electron chi connectivity index (χ3n) is 2.71. The molecule has 0 aliphatic carbocycles. The molecule has 2 aromatic rings. The van der Waals surface area contributed by atoms with Crippen LogP contribution in [0, 0.1) is 0 Å². The number of nitrogens with zero attached hydrogens (tertiary/aromatic N) is 1. The van der Waals surface area contributed by atoms with Crippen LogP contribution in [0.5, 0.6) is 0 Å². The highest BCUT2D eigenvalue weighted by Crippen LogP contribution is 2.16. The first-order chi connectivity index (χ1) is 8.81. The van der Waals surface area contributed by atoms with Crippen LogP contribution in [0.3, 0.4) is 0 Å². The zero-order valence-corrected chi connectivity index (χ0v) is 9.76. The molecule has 0 saturated carbocycles. The summed E-state index contributed by atoms with van der Waals surface area (Å²) in [6.45, 7) is 3.62. The highest BCUT2D eigenvalue weighted by molar-refractivity contribution is 5.94. The quantitative estimate of drug-likeness (QED) is 0.868. The van der Waals surface area contributed by atoms with Crippen LogP contribution < -0.4 is 5.43 Å². The summed E-state index contributed by atoms with van der Waals surface area (Å²) in [5.41, 5.74) is 3.76. The second-order valence-electron chi connectivity index (χ2n) is 4.03.